The Balaban J connectivity index is 1.82. The molecule has 166 valence electrons. The highest BCUT2D eigenvalue weighted by Crippen LogP contribution is 2.37. The fraction of sp³-hybridized carbons (Fsp3) is 0.143. The maximum absolute atomic E-state index is 14.4. The van der Waals surface area contributed by atoms with Gasteiger partial charge in [-0.1, -0.05) is 0 Å². The Morgan fingerprint density at radius 2 is 1.72 bits per heavy atom. The molecule has 1 unspecified atom stereocenters. The van der Waals surface area contributed by atoms with E-state index >= 15 is 0 Å². The zero-order chi connectivity index (χ0) is 22.8. The average molecular weight is 449 g/mol. The van der Waals surface area contributed by atoms with Crippen molar-refractivity contribution in [3.8, 4) is 28.8 Å². The first-order chi connectivity index (χ1) is 15.4. The second-order valence-corrected chi connectivity index (χ2v) is 6.71. The number of benzene rings is 2. The number of ether oxygens (including phenoxy) is 2. The van der Waals surface area contributed by atoms with Crippen LogP contribution in [0.4, 0.5) is 17.6 Å². The first-order valence-corrected chi connectivity index (χ1v) is 9.25. The molecule has 0 fully saturated rings. The molecule has 0 aliphatic heterocycles. The molecule has 0 saturated heterocycles. The lowest BCUT2D eigenvalue weighted by Gasteiger charge is -2.13. The highest BCUT2D eigenvalue weighted by molar-refractivity contribution is 5.97. The van der Waals surface area contributed by atoms with Gasteiger partial charge in [-0.25, -0.2) is 17.6 Å². The van der Waals surface area contributed by atoms with Crippen molar-refractivity contribution in [2.45, 2.75) is 6.10 Å². The second-order valence-electron chi connectivity index (χ2n) is 6.71. The summed E-state index contributed by atoms with van der Waals surface area (Å²) in [4.78, 5) is 4.10. The largest absolute Gasteiger partial charge is 0.474 e. The second kappa shape index (κ2) is 8.81. The number of rotatable bonds is 7. The average Bonchev–Trinajstić information content (AvgIpc) is 3.19. The molecule has 2 heterocycles. The van der Waals surface area contributed by atoms with E-state index < -0.39 is 42.6 Å². The molecule has 0 aliphatic carbocycles. The van der Waals surface area contributed by atoms with Gasteiger partial charge in [0, 0.05) is 17.7 Å². The summed E-state index contributed by atoms with van der Waals surface area (Å²) in [6.45, 7) is -1.000. The van der Waals surface area contributed by atoms with Gasteiger partial charge in [-0.05, 0) is 30.3 Å². The minimum Gasteiger partial charge on any atom is -0.474 e. The van der Waals surface area contributed by atoms with E-state index in [1.165, 1.54) is 6.07 Å². The fourth-order valence-corrected chi connectivity index (χ4v) is 2.92. The molecule has 0 amide bonds. The van der Waals surface area contributed by atoms with Gasteiger partial charge >= 0.3 is 0 Å². The number of halogens is 4. The summed E-state index contributed by atoms with van der Waals surface area (Å²) in [5, 5.41) is 25.4. The van der Waals surface area contributed by atoms with Crippen molar-refractivity contribution < 1.29 is 37.2 Å². The van der Waals surface area contributed by atoms with Crippen LogP contribution in [0.1, 0.15) is 0 Å². The lowest BCUT2D eigenvalue weighted by Crippen LogP contribution is -2.21. The predicted octanol–water partition coefficient (Wildman–Crippen LogP) is 3.71. The highest BCUT2D eigenvalue weighted by atomic mass is 19.1. The van der Waals surface area contributed by atoms with E-state index in [-0.39, 0.29) is 39.7 Å². The number of aliphatic hydroxyl groups is 2. The zero-order valence-corrected chi connectivity index (χ0v) is 16.2. The van der Waals surface area contributed by atoms with E-state index in [1.54, 1.807) is 0 Å². The Bertz CT molecular complexity index is 1280. The number of hydrogen-bond donors (Lipinski definition) is 3. The highest BCUT2D eigenvalue weighted by Gasteiger charge is 2.21. The third-order valence-electron chi connectivity index (χ3n) is 4.40. The van der Waals surface area contributed by atoms with Crippen LogP contribution in [0.25, 0.3) is 22.2 Å². The van der Waals surface area contributed by atoms with Crippen molar-refractivity contribution in [3.05, 3.63) is 65.7 Å². The maximum Gasteiger partial charge on any atom is 0.228 e. The number of aromatic nitrogens is 3. The van der Waals surface area contributed by atoms with Crippen molar-refractivity contribution in [2.24, 2.45) is 0 Å². The van der Waals surface area contributed by atoms with Gasteiger partial charge in [-0.2, -0.15) is 10.1 Å². The Morgan fingerprint density at radius 3 is 2.47 bits per heavy atom. The van der Waals surface area contributed by atoms with Gasteiger partial charge in [0.15, 0.2) is 11.6 Å². The van der Waals surface area contributed by atoms with E-state index in [0.29, 0.717) is 6.07 Å². The van der Waals surface area contributed by atoms with Gasteiger partial charge in [-0.3, -0.25) is 5.10 Å². The standard InChI is InChI=1S/C21H15F4N3O4/c22-10-1-3-14(24)13(5-10)20-19-16(27-28-20)7-18(26-21(19)31-9-12(30)8-29)32-17-4-2-11(23)6-15(17)25/h1-7,12,29-30H,8-9H2,(H,27,28). The smallest absolute Gasteiger partial charge is 0.228 e. The van der Waals surface area contributed by atoms with Crippen molar-refractivity contribution >= 4 is 10.9 Å². The number of H-pyrrole nitrogens is 1. The lowest BCUT2D eigenvalue weighted by molar-refractivity contribution is 0.0525. The molecule has 2 aromatic carbocycles. The number of nitrogens with zero attached hydrogens (tertiary/aromatic N) is 2. The minimum atomic E-state index is -1.26. The number of fused-ring (bicyclic) bond motifs is 1. The Morgan fingerprint density at radius 1 is 0.969 bits per heavy atom. The number of aliphatic hydroxyl groups excluding tert-OH is 2. The zero-order valence-electron chi connectivity index (χ0n) is 16.2. The van der Waals surface area contributed by atoms with Crippen molar-refractivity contribution in [1.82, 2.24) is 15.2 Å². The quantitative estimate of drug-likeness (QED) is 0.372. The molecule has 32 heavy (non-hydrogen) atoms. The molecule has 3 N–H and O–H groups in total. The number of nitrogens with one attached hydrogen (secondary N) is 1. The summed E-state index contributed by atoms with van der Waals surface area (Å²) in [6.07, 6.45) is -1.26. The van der Waals surface area contributed by atoms with Crippen LogP contribution in [0.5, 0.6) is 17.5 Å². The Kier molecular flexibility index (Phi) is 5.93. The fourth-order valence-electron chi connectivity index (χ4n) is 2.92. The maximum atomic E-state index is 14.4. The normalized spacial score (nSPS) is 12.2. The SMILES string of the molecule is OCC(O)COc1nc(Oc2ccc(F)cc2F)cc2[nH]nc(-c3cc(F)ccc3F)c12. The van der Waals surface area contributed by atoms with E-state index in [0.717, 1.165) is 30.3 Å². The topological polar surface area (TPSA) is 100 Å². The first-order valence-electron chi connectivity index (χ1n) is 9.25. The van der Waals surface area contributed by atoms with Gasteiger partial charge in [-0.15, -0.1) is 0 Å². The molecule has 0 aliphatic rings. The van der Waals surface area contributed by atoms with Gasteiger partial charge in [0.05, 0.1) is 17.5 Å². The summed E-state index contributed by atoms with van der Waals surface area (Å²) < 4.78 is 66.0. The van der Waals surface area contributed by atoms with E-state index in [2.05, 4.69) is 15.2 Å². The number of hydrogen-bond acceptors (Lipinski definition) is 6. The third-order valence-corrected chi connectivity index (χ3v) is 4.40. The summed E-state index contributed by atoms with van der Waals surface area (Å²) in [6, 6.07) is 6.81. The van der Waals surface area contributed by atoms with Crippen LogP contribution in [-0.4, -0.2) is 44.7 Å². The third kappa shape index (κ3) is 4.34. The van der Waals surface area contributed by atoms with E-state index in [1.807, 2.05) is 0 Å². The van der Waals surface area contributed by atoms with E-state index in [9.17, 15) is 22.7 Å². The van der Waals surface area contributed by atoms with Crippen LogP contribution in [0, 0.1) is 23.3 Å². The lowest BCUT2D eigenvalue weighted by atomic mass is 10.1. The van der Waals surface area contributed by atoms with Crippen LogP contribution < -0.4 is 9.47 Å². The van der Waals surface area contributed by atoms with Crippen LogP contribution in [0.15, 0.2) is 42.5 Å². The molecule has 4 aromatic rings. The van der Waals surface area contributed by atoms with Crippen LogP contribution >= 0.6 is 0 Å². The first kappa shape index (κ1) is 21.5. The molecule has 4 rings (SSSR count). The summed E-state index contributed by atoms with van der Waals surface area (Å²) >= 11 is 0. The Labute approximate surface area is 177 Å². The molecule has 2 aromatic heterocycles. The number of pyridine rings is 1. The van der Waals surface area contributed by atoms with Gasteiger partial charge in [0.2, 0.25) is 11.8 Å². The van der Waals surface area contributed by atoms with Crippen molar-refractivity contribution in [3.63, 3.8) is 0 Å². The molecule has 0 bridgehead atoms. The molecular formula is C21H15F4N3O4. The Hall–Kier alpha value is -3.70. The molecule has 0 radical (unpaired) electrons. The van der Waals surface area contributed by atoms with Crippen LogP contribution in [0.2, 0.25) is 0 Å². The van der Waals surface area contributed by atoms with Crippen molar-refractivity contribution in [1.29, 1.82) is 0 Å². The molecular weight excluding hydrogens is 434 g/mol. The van der Waals surface area contributed by atoms with Gasteiger partial charge in [0.25, 0.3) is 0 Å². The van der Waals surface area contributed by atoms with Gasteiger partial charge < -0.3 is 19.7 Å². The minimum absolute atomic E-state index is 0.0301. The molecule has 7 nitrogen and oxygen atoms in total. The van der Waals surface area contributed by atoms with Crippen molar-refractivity contribution in [2.75, 3.05) is 13.2 Å². The predicted molar refractivity (Wildman–Crippen MR) is 104 cm³/mol. The molecule has 11 heteroatoms. The number of aromatic amines is 1. The van der Waals surface area contributed by atoms with Gasteiger partial charge in [0.1, 0.15) is 35.9 Å². The summed E-state index contributed by atoms with van der Waals surface area (Å²) in [5.41, 5.74) is 0.00558. The molecule has 0 spiro atoms. The molecule has 1 atom stereocenters. The summed E-state index contributed by atoms with van der Waals surface area (Å²) in [7, 11) is 0. The summed E-state index contributed by atoms with van der Waals surface area (Å²) in [5.74, 6) is -3.94. The van der Waals surface area contributed by atoms with Crippen LogP contribution in [0.3, 0.4) is 0 Å². The van der Waals surface area contributed by atoms with Crippen LogP contribution in [-0.2, 0) is 0 Å². The monoisotopic (exact) mass is 449 g/mol. The molecule has 0 saturated carbocycles. The van der Waals surface area contributed by atoms with E-state index in [4.69, 9.17) is 14.6 Å².